The van der Waals surface area contributed by atoms with Gasteiger partial charge in [0.1, 0.15) is 17.4 Å². The molecule has 8 heteroatoms. The molecule has 0 N–H and O–H groups in total. The van der Waals surface area contributed by atoms with Crippen molar-refractivity contribution in [1.82, 2.24) is 15.1 Å². The number of nitrogens with zero attached hydrogens (tertiary/aromatic N) is 5. The van der Waals surface area contributed by atoms with E-state index in [1.807, 2.05) is 66.7 Å². The molecular formula is C28H24FN5O2. The van der Waals surface area contributed by atoms with Crippen LogP contribution < -0.4 is 14.5 Å². The zero-order valence-corrected chi connectivity index (χ0v) is 19.8. The van der Waals surface area contributed by atoms with E-state index >= 15 is 0 Å². The van der Waals surface area contributed by atoms with Gasteiger partial charge in [0, 0.05) is 37.1 Å². The first kappa shape index (κ1) is 22.0. The minimum Gasteiger partial charge on any atom is -0.497 e. The number of pyridine rings is 1. The quantitative estimate of drug-likeness (QED) is 0.332. The fraction of sp³-hybridized carbons (Fsp3) is 0.179. The number of para-hydroxylation sites is 2. The Balaban J connectivity index is 1.31. The zero-order chi connectivity index (χ0) is 24.5. The fourth-order valence-corrected chi connectivity index (χ4v) is 4.58. The molecule has 7 nitrogen and oxygen atoms in total. The smallest absolute Gasteiger partial charge is 0.259 e. The van der Waals surface area contributed by atoms with Gasteiger partial charge in [-0.15, -0.1) is 0 Å². The van der Waals surface area contributed by atoms with Crippen molar-refractivity contribution in [1.29, 1.82) is 0 Å². The van der Waals surface area contributed by atoms with Crippen LogP contribution in [0.1, 0.15) is 0 Å². The van der Waals surface area contributed by atoms with Crippen LogP contribution in [0.25, 0.3) is 33.7 Å². The predicted molar refractivity (Wildman–Crippen MR) is 138 cm³/mol. The van der Waals surface area contributed by atoms with E-state index in [1.165, 1.54) is 6.07 Å². The van der Waals surface area contributed by atoms with E-state index in [9.17, 15) is 4.39 Å². The number of ether oxygens (including phenoxy) is 1. The van der Waals surface area contributed by atoms with E-state index in [2.05, 4.69) is 19.9 Å². The second-order valence-electron chi connectivity index (χ2n) is 8.62. The van der Waals surface area contributed by atoms with Gasteiger partial charge >= 0.3 is 0 Å². The summed E-state index contributed by atoms with van der Waals surface area (Å²) in [5.41, 5.74) is 3.17. The second-order valence-corrected chi connectivity index (χ2v) is 8.62. The molecule has 0 saturated carbocycles. The van der Waals surface area contributed by atoms with E-state index in [1.54, 1.807) is 13.2 Å². The summed E-state index contributed by atoms with van der Waals surface area (Å²) in [6.07, 6.45) is 0. The minimum absolute atomic E-state index is 0.193. The molecule has 180 valence electrons. The third-order valence-corrected chi connectivity index (χ3v) is 6.50. The molecule has 5 aromatic rings. The van der Waals surface area contributed by atoms with Gasteiger partial charge in [-0.25, -0.2) is 9.37 Å². The number of hydrogen-bond acceptors (Lipinski definition) is 7. The summed E-state index contributed by atoms with van der Waals surface area (Å²) in [7, 11) is 1.63. The van der Waals surface area contributed by atoms with Crippen LogP contribution >= 0.6 is 0 Å². The van der Waals surface area contributed by atoms with Crippen molar-refractivity contribution in [3.05, 3.63) is 84.7 Å². The summed E-state index contributed by atoms with van der Waals surface area (Å²) in [5.74, 6) is 2.35. The number of anilines is 2. The first-order valence-corrected chi connectivity index (χ1v) is 11.8. The topological polar surface area (TPSA) is 67.5 Å². The van der Waals surface area contributed by atoms with Gasteiger partial charge in [-0.05, 0) is 48.5 Å². The van der Waals surface area contributed by atoms with Crippen molar-refractivity contribution in [2.24, 2.45) is 0 Å². The molecule has 0 spiro atoms. The van der Waals surface area contributed by atoms with Gasteiger partial charge in [-0.3, -0.25) is 0 Å². The Labute approximate surface area is 207 Å². The highest BCUT2D eigenvalue weighted by Crippen LogP contribution is 2.32. The lowest BCUT2D eigenvalue weighted by Crippen LogP contribution is -2.47. The van der Waals surface area contributed by atoms with Crippen LogP contribution in [-0.2, 0) is 0 Å². The molecule has 6 rings (SSSR count). The van der Waals surface area contributed by atoms with Gasteiger partial charge in [-0.2, -0.15) is 4.98 Å². The second kappa shape index (κ2) is 9.30. The highest BCUT2D eigenvalue weighted by molar-refractivity contribution is 5.94. The van der Waals surface area contributed by atoms with Crippen LogP contribution in [0.2, 0.25) is 0 Å². The van der Waals surface area contributed by atoms with Gasteiger partial charge < -0.3 is 19.1 Å². The molecule has 0 amide bonds. The molecule has 36 heavy (non-hydrogen) atoms. The normalized spacial score (nSPS) is 13.8. The number of methoxy groups -OCH3 is 1. The van der Waals surface area contributed by atoms with E-state index in [4.69, 9.17) is 14.2 Å². The first-order valence-electron chi connectivity index (χ1n) is 11.8. The molecule has 2 aromatic heterocycles. The average Bonchev–Trinajstić information content (AvgIpc) is 3.43. The summed E-state index contributed by atoms with van der Waals surface area (Å²) in [5, 5.41) is 5.16. The molecule has 1 aliphatic rings. The number of aromatic nitrogens is 3. The Bertz CT molecular complexity index is 1510. The van der Waals surface area contributed by atoms with Crippen molar-refractivity contribution < 1.29 is 13.7 Å². The van der Waals surface area contributed by atoms with E-state index in [-0.39, 0.29) is 5.82 Å². The molecule has 0 aliphatic carbocycles. The van der Waals surface area contributed by atoms with E-state index in [0.717, 1.165) is 46.7 Å². The van der Waals surface area contributed by atoms with Gasteiger partial charge in [0.25, 0.3) is 5.89 Å². The Morgan fingerprint density at radius 3 is 2.33 bits per heavy atom. The van der Waals surface area contributed by atoms with E-state index in [0.29, 0.717) is 30.5 Å². The number of rotatable bonds is 5. The average molecular weight is 482 g/mol. The predicted octanol–water partition coefficient (Wildman–Crippen LogP) is 5.43. The van der Waals surface area contributed by atoms with Gasteiger partial charge in [0.15, 0.2) is 0 Å². The summed E-state index contributed by atoms with van der Waals surface area (Å²) >= 11 is 0. The molecule has 1 aliphatic heterocycles. The summed E-state index contributed by atoms with van der Waals surface area (Å²) < 4.78 is 25.2. The van der Waals surface area contributed by atoms with Gasteiger partial charge in [0.2, 0.25) is 5.82 Å². The van der Waals surface area contributed by atoms with Gasteiger partial charge in [-0.1, -0.05) is 35.5 Å². The number of piperazine rings is 1. The minimum atomic E-state index is -0.193. The third-order valence-electron chi connectivity index (χ3n) is 6.50. The van der Waals surface area contributed by atoms with Crippen LogP contribution in [0.3, 0.4) is 0 Å². The van der Waals surface area contributed by atoms with Crippen molar-refractivity contribution in [2.45, 2.75) is 0 Å². The third kappa shape index (κ3) is 4.11. The molecule has 0 radical (unpaired) electrons. The fourth-order valence-electron chi connectivity index (χ4n) is 4.58. The van der Waals surface area contributed by atoms with Crippen molar-refractivity contribution in [2.75, 3.05) is 43.1 Å². The van der Waals surface area contributed by atoms with Crippen LogP contribution in [0.4, 0.5) is 15.9 Å². The molecule has 3 aromatic carbocycles. The lowest BCUT2D eigenvalue weighted by molar-refractivity contribution is 0.415. The largest absolute Gasteiger partial charge is 0.497 e. The van der Waals surface area contributed by atoms with Crippen LogP contribution in [0.15, 0.2) is 83.4 Å². The Morgan fingerprint density at radius 1 is 0.833 bits per heavy atom. The number of halogens is 1. The SMILES string of the molecule is COc1ccc(-c2noc(-c3cc(N4CCN(c5ccccc5F)CC4)nc4ccccc34)n2)cc1. The number of hydrogen-bond donors (Lipinski definition) is 0. The maximum Gasteiger partial charge on any atom is 0.259 e. The summed E-state index contributed by atoms with van der Waals surface area (Å²) in [6.45, 7) is 2.85. The Hall–Kier alpha value is -4.46. The first-order chi connectivity index (χ1) is 17.7. The maximum atomic E-state index is 14.3. The lowest BCUT2D eigenvalue weighted by atomic mass is 10.1. The number of fused-ring (bicyclic) bond motifs is 1. The maximum absolute atomic E-state index is 14.3. The van der Waals surface area contributed by atoms with Crippen LogP contribution in [0, 0.1) is 5.82 Å². The zero-order valence-electron chi connectivity index (χ0n) is 19.8. The monoisotopic (exact) mass is 481 g/mol. The van der Waals surface area contributed by atoms with Crippen LogP contribution in [0.5, 0.6) is 5.75 Å². The van der Waals surface area contributed by atoms with E-state index < -0.39 is 0 Å². The van der Waals surface area contributed by atoms with Crippen molar-refractivity contribution in [3.63, 3.8) is 0 Å². The summed E-state index contributed by atoms with van der Waals surface area (Å²) in [6, 6.07) is 24.4. The molecule has 1 fully saturated rings. The molecule has 0 unspecified atom stereocenters. The molecule has 1 saturated heterocycles. The highest BCUT2D eigenvalue weighted by atomic mass is 19.1. The number of benzene rings is 3. The molecular weight excluding hydrogens is 457 g/mol. The van der Waals surface area contributed by atoms with Crippen LogP contribution in [-0.4, -0.2) is 48.4 Å². The van der Waals surface area contributed by atoms with Crippen molar-refractivity contribution >= 4 is 22.4 Å². The lowest BCUT2D eigenvalue weighted by Gasteiger charge is -2.37. The van der Waals surface area contributed by atoms with Gasteiger partial charge in [0.05, 0.1) is 23.9 Å². The molecule has 0 atom stereocenters. The molecule has 3 heterocycles. The Kier molecular flexibility index (Phi) is 5.69. The summed E-state index contributed by atoms with van der Waals surface area (Å²) in [4.78, 5) is 13.9. The highest BCUT2D eigenvalue weighted by Gasteiger charge is 2.23. The standard InChI is InChI=1S/C28H24FN5O2/c1-35-20-12-10-19(11-13-20)27-31-28(36-32-27)22-18-26(30-24-8-4-2-6-21(22)24)34-16-14-33(15-17-34)25-9-5-3-7-23(25)29/h2-13,18H,14-17H2,1H3. The van der Waals surface area contributed by atoms with Crippen molar-refractivity contribution in [3.8, 4) is 28.6 Å². The Morgan fingerprint density at radius 2 is 1.56 bits per heavy atom. The molecule has 0 bridgehead atoms.